The lowest BCUT2D eigenvalue weighted by molar-refractivity contribution is -0.0936. The first-order chi connectivity index (χ1) is 13.6. The molecule has 2 aromatic rings. The van der Waals surface area contributed by atoms with E-state index in [2.05, 4.69) is 6.92 Å². The maximum Gasteiger partial charge on any atom is 0.340 e. The number of esters is 1. The van der Waals surface area contributed by atoms with Gasteiger partial charge in [-0.2, -0.15) is 0 Å². The summed E-state index contributed by atoms with van der Waals surface area (Å²) in [6.07, 6.45) is 3.30. The summed E-state index contributed by atoms with van der Waals surface area (Å²) in [7, 11) is 0. The van der Waals surface area contributed by atoms with Gasteiger partial charge in [-0.15, -0.1) is 0 Å². The van der Waals surface area contributed by atoms with Gasteiger partial charge >= 0.3 is 5.97 Å². The number of carbonyl (C=O) groups excluding carboxylic acids is 2. The minimum atomic E-state index is -1.30. The summed E-state index contributed by atoms with van der Waals surface area (Å²) in [5, 5.41) is 0. The van der Waals surface area contributed by atoms with E-state index in [1.165, 1.54) is 0 Å². The minimum Gasteiger partial charge on any atom is -0.432 e. The lowest BCUT2D eigenvalue weighted by atomic mass is 9.92. The van der Waals surface area contributed by atoms with Crippen LogP contribution in [0.3, 0.4) is 0 Å². The number of hydrogen-bond donors (Lipinski definition) is 0. The molecule has 0 aliphatic rings. The monoisotopic (exact) mass is 381 g/mol. The molecule has 2 rings (SSSR count). The van der Waals surface area contributed by atoms with Gasteiger partial charge in [-0.3, -0.25) is 9.69 Å². The molecule has 0 aliphatic heterocycles. The fourth-order valence-electron chi connectivity index (χ4n) is 3.53. The standard InChI is InChI=1S/C24H31NO3/c1-4-7-14-19-24(25(5-2)6-3,22(26)20-15-10-8-11-16-20)28-23(27)21-17-12-9-13-18-21/h8-13,15-18H,4-7,14,19H2,1-3H3. The number of hydrogen-bond acceptors (Lipinski definition) is 4. The Hall–Kier alpha value is -2.46. The third kappa shape index (κ3) is 5.08. The molecule has 1 unspecified atom stereocenters. The average Bonchev–Trinajstić information content (AvgIpc) is 2.75. The molecule has 0 aliphatic carbocycles. The van der Waals surface area contributed by atoms with E-state index < -0.39 is 11.7 Å². The number of ether oxygens (including phenoxy) is 1. The molecule has 0 spiro atoms. The number of likely N-dealkylation sites (N-methyl/N-ethyl adjacent to an activating group) is 1. The first kappa shape index (κ1) is 21.8. The van der Waals surface area contributed by atoms with Crippen molar-refractivity contribution in [2.24, 2.45) is 0 Å². The topological polar surface area (TPSA) is 46.6 Å². The molecule has 0 aromatic heterocycles. The number of ketones is 1. The SMILES string of the molecule is CCCCCC(OC(=O)c1ccccc1)(C(=O)c1ccccc1)N(CC)CC. The molecule has 4 heteroatoms. The Bertz CT molecular complexity index is 741. The van der Waals surface area contributed by atoms with Gasteiger partial charge in [0.2, 0.25) is 11.5 Å². The largest absolute Gasteiger partial charge is 0.432 e. The zero-order chi connectivity index (χ0) is 20.4. The van der Waals surface area contributed by atoms with E-state index in [0.717, 1.165) is 19.3 Å². The summed E-state index contributed by atoms with van der Waals surface area (Å²) >= 11 is 0. The first-order valence-electron chi connectivity index (χ1n) is 10.2. The van der Waals surface area contributed by atoms with Crippen molar-refractivity contribution < 1.29 is 14.3 Å². The summed E-state index contributed by atoms with van der Waals surface area (Å²) in [5.74, 6) is -0.620. The number of Topliss-reactive ketones (excluding diaryl/α,β-unsaturated/α-hetero) is 1. The molecule has 0 N–H and O–H groups in total. The van der Waals surface area contributed by atoms with Crippen molar-refractivity contribution >= 4 is 11.8 Å². The van der Waals surface area contributed by atoms with Crippen molar-refractivity contribution in [2.75, 3.05) is 13.1 Å². The quantitative estimate of drug-likeness (QED) is 0.228. The molecule has 0 fully saturated rings. The molecule has 0 amide bonds. The normalized spacial score (nSPS) is 13.1. The van der Waals surface area contributed by atoms with Gasteiger partial charge in [-0.1, -0.05) is 82.1 Å². The van der Waals surface area contributed by atoms with Gasteiger partial charge in [0.05, 0.1) is 5.56 Å². The highest BCUT2D eigenvalue weighted by atomic mass is 16.6. The van der Waals surface area contributed by atoms with E-state index in [1.807, 2.05) is 43.0 Å². The Morgan fingerprint density at radius 2 is 1.36 bits per heavy atom. The predicted octanol–water partition coefficient (Wildman–Crippen LogP) is 5.34. The molecule has 1 atom stereocenters. The highest BCUT2D eigenvalue weighted by Crippen LogP contribution is 2.30. The van der Waals surface area contributed by atoms with Crippen molar-refractivity contribution in [3.63, 3.8) is 0 Å². The van der Waals surface area contributed by atoms with Crippen LogP contribution in [-0.4, -0.2) is 35.5 Å². The van der Waals surface area contributed by atoms with Crippen LogP contribution >= 0.6 is 0 Å². The Balaban J connectivity index is 2.48. The van der Waals surface area contributed by atoms with E-state index in [9.17, 15) is 9.59 Å². The van der Waals surface area contributed by atoms with Crippen molar-refractivity contribution in [1.29, 1.82) is 0 Å². The van der Waals surface area contributed by atoms with Gasteiger partial charge in [0, 0.05) is 12.0 Å². The van der Waals surface area contributed by atoms with E-state index in [-0.39, 0.29) is 5.78 Å². The first-order valence-corrected chi connectivity index (χ1v) is 10.2. The number of unbranched alkanes of at least 4 members (excludes halogenated alkanes) is 2. The zero-order valence-electron chi connectivity index (χ0n) is 17.2. The highest BCUT2D eigenvalue weighted by molar-refractivity contribution is 6.04. The lowest BCUT2D eigenvalue weighted by Crippen LogP contribution is -2.57. The predicted molar refractivity (Wildman–Crippen MR) is 112 cm³/mol. The molecule has 2 aromatic carbocycles. The van der Waals surface area contributed by atoms with Crippen molar-refractivity contribution in [1.82, 2.24) is 4.90 Å². The van der Waals surface area contributed by atoms with E-state index in [0.29, 0.717) is 30.6 Å². The molecule has 4 nitrogen and oxygen atoms in total. The number of rotatable bonds is 11. The maximum atomic E-state index is 13.7. The molecule has 0 saturated heterocycles. The fraction of sp³-hybridized carbons (Fsp3) is 0.417. The second-order valence-corrected chi connectivity index (χ2v) is 6.86. The van der Waals surface area contributed by atoms with Gasteiger partial charge in [-0.05, 0) is 31.6 Å². The van der Waals surface area contributed by atoms with Gasteiger partial charge < -0.3 is 4.74 Å². The van der Waals surface area contributed by atoms with Crippen LogP contribution in [-0.2, 0) is 4.74 Å². The van der Waals surface area contributed by atoms with Crippen LogP contribution in [0.1, 0.15) is 67.2 Å². The van der Waals surface area contributed by atoms with E-state index >= 15 is 0 Å². The molecule has 0 bridgehead atoms. The Kier molecular flexibility index (Phi) is 8.40. The van der Waals surface area contributed by atoms with E-state index in [1.54, 1.807) is 36.4 Å². The van der Waals surface area contributed by atoms with Crippen LogP contribution < -0.4 is 0 Å². The van der Waals surface area contributed by atoms with Crippen LogP contribution in [0.5, 0.6) is 0 Å². The number of nitrogens with zero attached hydrogens (tertiary/aromatic N) is 1. The van der Waals surface area contributed by atoms with Gasteiger partial charge in [0.25, 0.3) is 0 Å². The third-order valence-corrected chi connectivity index (χ3v) is 5.06. The highest BCUT2D eigenvalue weighted by Gasteiger charge is 2.46. The maximum absolute atomic E-state index is 13.7. The molecule has 28 heavy (non-hydrogen) atoms. The Labute approximate surface area is 168 Å². The van der Waals surface area contributed by atoms with Crippen LogP contribution in [0.15, 0.2) is 60.7 Å². The van der Waals surface area contributed by atoms with Crippen molar-refractivity contribution in [3.05, 3.63) is 71.8 Å². The number of carbonyl (C=O) groups is 2. The lowest BCUT2D eigenvalue weighted by Gasteiger charge is -2.41. The molecule has 0 radical (unpaired) electrons. The van der Waals surface area contributed by atoms with Crippen molar-refractivity contribution in [3.8, 4) is 0 Å². The molecule has 0 heterocycles. The summed E-state index contributed by atoms with van der Waals surface area (Å²) < 4.78 is 6.07. The summed E-state index contributed by atoms with van der Waals surface area (Å²) in [6.45, 7) is 7.33. The number of benzene rings is 2. The molecule has 0 saturated carbocycles. The molecular weight excluding hydrogens is 350 g/mol. The second-order valence-electron chi connectivity index (χ2n) is 6.86. The minimum absolute atomic E-state index is 0.155. The van der Waals surface area contributed by atoms with Crippen LogP contribution in [0.2, 0.25) is 0 Å². The van der Waals surface area contributed by atoms with Crippen LogP contribution in [0.25, 0.3) is 0 Å². The smallest absolute Gasteiger partial charge is 0.340 e. The average molecular weight is 382 g/mol. The summed E-state index contributed by atoms with van der Waals surface area (Å²) in [5.41, 5.74) is -0.283. The van der Waals surface area contributed by atoms with Gasteiger partial charge in [-0.25, -0.2) is 4.79 Å². The zero-order valence-corrected chi connectivity index (χ0v) is 17.2. The van der Waals surface area contributed by atoms with E-state index in [4.69, 9.17) is 4.74 Å². The van der Waals surface area contributed by atoms with Crippen LogP contribution in [0.4, 0.5) is 0 Å². The Morgan fingerprint density at radius 1 is 0.821 bits per heavy atom. The molecular formula is C24H31NO3. The molecule has 150 valence electrons. The fourth-order valence-corrected chi connectivity index (χ4v) is 3.53. The third-order valence-electron chi connectivity index (χ3n) is 5.06. The van der Waals surface area contributed by atoms with Crippen molar-refractivity contribution in [2.45, 2.75) is 52.2 Å². The summed E-state index contributed by atoms with van der Waals surface area (Å²) in [4.78, 5) is 28.6. The van der Waals surface area contributed by atoms with Gasteiger partial charge in [0.1, 0.15) is 0 Å². The summed E-state index contributed by atoms with van der Waals surface area (Å²) in [6, 6.07) is 18.0. The van der Waals surface area contributed by atoms with Crippen LogP contribution in [0, 0.1) is 0 Å². The van der Waals surface area contributed by atoms with Gasteiger partial charge in [0.15, 0.2) is 0 Å². The second kappa shape index (κ2) is 10.8. The Morgan fingerprint density at radius 3 is 1.86 bits per heavy atom.